The fourth-order valence-electron chi connectivity index (χ4n) is 2.86. The molecule has 1 aliphatic rings. The summed E-state index contributed by atoms with van der Waals surface area (Å²) in [7, 11) is 1.82. The zero-order valence-corrected chi connectivity index (χ0v) is 13.3. The van der Waals surface area contributed by atoms with Crippen LogP contribution in [-0.4, -0.2) is 39.4 Å². The smallest absolute Gasteiger partial charge is 0.329 e. The van der Waals surface area contributed by atoms with Crippen LogP contribution in [0.5, 0.6) is 0 Å². The van der Waals surface area contributed by atoms with E-state index in [4.69, 9.17) is 10.00 Å². The molecule has 0 aromatic carbocycles. The molecule has 1 unspecified atom stereocenters. The lowest BCUT2D eigenvalue weighted by atomic mass is 9.97. The first-order valence-corrected chi connectivity index (χ1v) is 7.36. The highest BCUT2D eigenvalue weighted by Gasteiger charge is 2.38. The Morgan fingerprint density at radius 3 is 2.96 bits per heavy atom. The number of nitriles is 1. The monoisotopic (exact) mass is 328 g/mol. The topological polar surface area (TPSA) is 110 Å². The molecule has 0 aliphatic carbocycles. The van der Waals surface area contributed by atoms with Crippen LogP contribution in [-0.2, 0) is 17.4 Å². The highest BCUT2D eigenvalue weighted by Crippen LogP contribution is 2.35. The van der Waals surface area contributed by atoms with Gasteiger partial charge in [0.1, 0.15) is 17.2 Å². The van der Waals surface area contributed by atoms with Gasteiger partial charge in [-0.3, -0.25) is 14.8 Å². The molecule has 1 fully saturated rings. The molecule has 1 saturated heterocycles. The van der Waals surface area contributed by atoms with Gasteiger partial charge in [0.05, 0.1) is 24.3 Å². The van der Waals surface area contributed by atoms with E-state index in [0.29, 0.717) is 19.7 Å². The highest BCUT2D eigenvalue weighted by atomic mass is 16.6. The molecule has 0 saturated carbocycles. The van der Waals surface area contributed by atoms with Gasteiger partial charge in [0.15, 0.2) is 0 Å². The molecule has 9 heteroatoms. The molecule has 2 aromatic rings. The van der Waals surface area contributed by atoms with Crippen molar-refractivity contribution in [3.05, 3.63) is 45.9 Å². The van der Waals surface area contributed by atoms with Crippen LogP contribution < -0.4 is 4.90 Å². The lowest BCUT2D eigenvalue weighted by Crippen LogP contribution is -2.48. The van der Waals surface area contributed by atoms with Gasteiger partial charge < -0.3 is 9.64 Å². The summed E-state index contributed by atoms with van der Waals surface area (Å²) in [5.74, 6) is 0.192. The summed E-state index contributed by atoms with van der Waals surface area (Å²) in [6, 6.07) is 3.21. The maximum absolute atomic E-state index is 11.4. The summed E-state index contributed by atoms with van der Waals surface area (Å²) >= 11 is 0. The van der Waals surface area contributed by atoms with Gasteiger partial charge in [-0.1, -0.05) is 0 Å². The Kier molecular flexibility index (Phi) is 3.91. The van der Waals surface area contributed by atoms with Crippen LogP contribution in [0.15, 0.2) is 24.7 Å². The Balaban J connectivity index is 1.99. The molecule has 0 N–H and O–H groups in total. The number of rotatable bonds is 3. The van der Waals surface area contributed by atoms with Crippen LogP contribution in [0.4, 0.5) is 11.5 Å². The minimum absolute atomic E-state index is 0.000396. The van der Waals surface area contributed by atoms with E-state index in [1.165, 1.54) is 12.3 Å². The van der Waals surface area contributed by atoms with Crippen molar-refractivity contribution in [1.82, 2.24) is 14.8 Å². The van der Waals surface area contributed by atoms with Crippen LogP contribution in [0, 0.1) is 21.4 Å². The van der Waals surface area contributed by atoms with E-state index >= 15 is 0 Å². The normalized spacial score (nSPS) is 20.6. The van der Waals surface area contributed by atoms with Crippen molar-refractivity contribution in [3.8, 4) is 6.07 Å². The van der Waals surface area contributed by atoms with Crippen LogP contribution >= 0.6 is 0 Å². The number of pyridine rings is 1. The third-order valence-corrected chi connectivity index (χ3v) is 4.10. The minimum Gasteiger partial charge on any atom is -0.367 e. The minimum atomic E-state index is -0.662. The summed E-state index contributed by atoms with van der Waals surface area (Å²) in [4.78, 5) is 16.8. The van der Waals surface area contributed by atoms with Crippen molar-refractivity contribution in [2.24, 2.45) is 7.05 Å². The van der Waals surface area contributed by atoms with Crippen molar-refractivity contribution in [1.29, 1.82) is 5.26 Å². The van der Waals surface area contributed by atoms with Gasteiger partial charge in [-0.2, -0.15) is 10.4 Å². The average molecular weight is 328 g/mol. The zero-order valence-electron chi connectivity index (χ0n) is 13.3. The van der Waals surface area contributed by atoms with Crippen molar-refractivity contribution >= 4 is 11.5 Å². The zero-order chi connectivity index (χ0) is 17.3. The molecule has 0 amide bonds. The summed E-state index contributed by atoms with van der Waals surface area (Å²) in [6.07, 6.45) is 4.99. The molecule has 3 heterocycles. The number of aryl methyl sites for hydroxylation is 1. The molecule has 0 spiro atoms. The number of aromatic nitrogens is 3. The molecule has 0 radical (unpaired) electrons. The lowest BCUT2D eigenvalue weighted by Gasteiger charge is -2.40. The van der Waals surface area contributed by atoms with Crippen molar-refractivity contribution in [2.45, 2.75) is 12.5 Å². The van der Waals surface area contributed by atoms with E-state index in [9.17, 15) is 10.1 Å². The van der Waals surface area contributed by atoms with Crippen molar-refractivity contribution in [2.75, 3.05) is 24.6 Å². The van der Waals surface area contributed by atoms with Gasteiger partial charge in [0.2, 0.25) is 5.82 Å². The summed E-state index contributed by atoms with van der Waals surface area (Å²) in [6.45, 7) is 3.14. The Morgan fingerprint density at radius 1 is 1.54 bits per heavy atom. The van der Waals surface area contributed by atoms with E-state index in [-0.39, 0.29) is 17.1 Å². The molecular formula is C15H16N6O3. The second-order valence-electron chi connectivity index (χ2n) is 5.80. The summed E-state index contributed by atoms with van der Waals surface area (Å²) < 4.78 is 7.60. The Labute approximate surface area is 138 Å². The number of ether oxygens (including phenoxy) is 1. The average Bonchev–Trinajstić information content (AvgIpc) is 3.01. The van der Waals surface area contributed by atoms with E-state index in [0.717, 1.165) is 5.56 Å². The number of nitro groups is 1. The predicted molar refractivity (Wildman–Crippen MR) is 84.3 cm³/mol. The van der Waals surface area contributed by atoms with Crippen LogP contribution in [0.25, 0.3) is 0 Å². The standard InChI is InChI=1S/C15H16N6O3/c1-15(12-8-18-19(2)9-12)10-20(5-6-24-15)14-13(21(22)23)11(7-16)3-4-17-14/h3-4,8-9H,5-6,10H2,1-2H3. The van der Waals surface area contributed by atoms with Crippen molar-refractivity contribution in [3.63, 3.8) is 0 Å². The Bertz CT molecular complexity index is 827. The fraction of sp³-hybridized carbons (Fsp3) is 0.400. The molecule has 3 rings (SSSR count). The molecule has 0 bridgehead atoms. The SMILES string of the molecule is Cn1cc(C2(C)CN(c3nccc(C#N)c3[N+](=O)[O-])CCO2)cn1. The van der Waals surface area contributed by atoms with E-state index < -0.39 is 10.5 Å². The van der Waals surface area contributed by atoms with Gasteiger partial charge in [-0.15, -0.1) is 0 Å². The first-order chi connectivity index (χ1) is 11.4. The van der Waals surface area contributed by atoms with Gasteiger partial charge in [0, 0.05) is 31.5 Å². The first-order valence-electron chi connectivity index (χ1n) is 7.36. The second-order valence-corrected chi connectivity index (χ2v) is 5.80. The predicted octanol–water partition coefficient (Wildman–Crippen LogP) is 1.35. The number of hydrogen-bond acceptors (Lipinski definition) is 7. The number of nitrogens with zero attached hydrogens (tertiary/aromatic N) is 6. The number of hydrogen-bond donors (Lipinski definition) is 0. The summed E-state index contributed by atoms with van der Waals surface area (Å²) in [5.41, 5.74) is -0.0474. The molecule has 2 aromatic heterocycles. The Hall–Kier alpha value is -2.99. The molecule has 1 aliphatic heterocycles. The molecule has 124 valence electrons. The largest absolute Gasteiger partial charge is 0.367 e. The van der Waals surface area contributed by atoms with Crippen molar-refractivity contribution < 1.29 is 9.66 Å². The molecule has 24 heavy (non-hydrogen) atoms. The fourth-order valence-corrected chi connectivity index (χ4v) is 2.86. The Morgan fingerprint density at radius 2 is 2.33 bits per heavy atom. The van der Waals surface area contributed by atoms with Gasteiger partial charge in [-0.05, 0) is 13.0 Å². The maximum Gasteiger partial charge on any atom is 0.329 e. The highest BCUT2D eigenvalue weighted by molar-refractivity contribution is 5.65. The first kappa shape index (κ1) is 15.9. The van der Waals surface area contributed by atoms with E-state index in [2.05, 4.69) is 10.1 Å². The van der Waals surface area contributed by atoms with Crippen LogP contribution in [0.2, 0.25) is 0 Å². The molecule has 9 nitrogen and oxygen atoms in total. The van der Waals surface area contributed by atoms with Crippen LogP contribution in [0.3, 0.4) is 0 Å². The number of morpholine rings is 1. The second kappa shape index (κ2) is 5.90. The van der Waals surface area contributed by atoms with Gasteiger partial charge >= 0.3 is 5.69 Å². The van der Waals surface area contributed by atoms with Gasteiger partial charge in [0.25, 0.3) is 0 Å². The maximum atomic E-state index is 11.4. The van der Waals surface area contributed by atoms with E-state index in [1.54, 1.807) is 15.8 Å². The van der Waals surface area contributed by atoms with Gasteiger partial charge in [-0.25, -0.2) is 4.98 Å². The summed E-state index contributed by atoms with van der Waals surface area (Å²) in [5, 5.41) is 24.7. The third kappa shape index (κ3) is 2.68. The molecular weight excluding hydrogens is 312 g/mol. The lowest BCUT2D eigenvalue weighted by molar-refractivity contribution is -0.384. The number of anilines is 1. The molecule has 1 atom stereocenters. The quantitative estimate of drug-likeness (QED) is 0.617. The van der Waals surface area contributed by atoms with Crippen LogP contribution in [0.1, 0.15) is 18.1 Å². The van der Waals surface area contributed by atoms with E-state index in [1.807, 2.05) is 26.2 Å². The third-order valence-electron chi connectivity index (χ3n) is 4.10.